The molecule has 27 heavy (non-hydrogen) atoms. The summed E-state index contributed by atoms with van der Waals surface area (Å²) in [6.45, 7) is 12.4. The lowest BCUT2D eigenvalue weighted by molar-refractivity contribution is 0.0697. The Labute approximate surface area is 160 Å². The van der Waals surface area contributed by atoms with E-state index in [2.05, 4.69) is 52.1 Å². The molecule has 5 heteroatoms. The second kappa shape index (κ2) is 7.43. The Balaban J connectivity index is 2.37. The van der Waals surface area contributed by atoms with Crippen LogP contribution in [0.1, 0.15) is 68.6 Å². The van der Waals surface area contributed by atoms with Crippen LogP contribution < -0.4 is 5.43 Å². The average Bonchev–Trinajstić information content (AvgIpc) is 2.54. The highest BCUT2D eigenvalue weighted by molar-refractivity contribution is 5.89. The highest BCUT2D eigenvalue weighted by Crippen LogP contribution is 2.39. The minimum atomic E-state index is -0.981. The quantitative estimate of drug-likeness (QED) is 0.516. The first-order valence-electron chi connectivity index (χ1n) is 8.90. The fraction of sp³-hybridized carbons (Fsp3) is 0.364. The number of aromatic carboxylic acids is 1. The number of benzene rings is 2. The summed E-state index contributed by atoms with van der Waals surface area (Å²) < 4.78 is 0. The van der Waals surface area contributed by atoms with Crippen molar-refractivity contribution in [2.24, 2.45) is 5.10 Å². The van der Waals surface area contributed by atoms with Gasteiger partial charge < -0.3 is 10.2 Å². The molecule has 0 aliphatic carbocycles. The van der Waals surface area contributed by atoms with Crippen molar-refractivity contribution in [2.75, 3.05) is 5.43 Å². The smallest absolute Gasteiger partial charge is 0.335 e. The second-order valence-electron chi connectivity index (χ2n) is 8.72. The Bertz CT molecular complexity index is 837. The van der Waals surface area contributed by atoms with Crippen molar-refractivity contribution in [1.29, 1.82) is 0 Å². The van der Waals surface area contributed by atoms with Crippen LogP contribution in [0.4, 0.5) is 5.69 Å². The predicted octanol–water partition coefficient (Wildman–Crippen LogP) is 5.13. The number of carboxylic acid groups (broad SMARTS) is 1. The molecule has 2 aromatic carbocycles. The molecule has 3 N–H and O–H groups in total. The van der Waals surface area contributed by atoms with Crippen molar-refractivity contribution in [3.8, 4) is 5.75 Å². The van der Waals surface area contributed by atoms with Crippen LogP contribution in [0, 0.1) is 0 Å². The molecule has 0 saturated heterocycles. The van der Waals surface area contributed by atoms with E-state index in [9.17, 15) is 9.90 Å². The fourth-order valence-corrected chi connectivity index (χ4v) is 2.78. The number of hydrogen-bond donors (Lipinski definition) is 3. The summed E-state index contributed by atoms with van der Waals surface area (Å²) in [6.07, 6.45) is 1.68. The van der Waals surface area contributed by atoms with Gasteiger partial charge in [0.1, 0.15) is 5.75 Å². The highest BCUT2D eigenvalue weighted by atomic mass is 16.4. The summed E-state index contributed by atoms with van der Waals surface area (Å²) in [7, 11) is 0. The number of hydrogen-bond acceptors (Lipinski definition) is 4. The Hall–Kier alpha value is -2.82. The first-order chi connectivity index (χ1) is 12.4. The Kier molecular flexibility index (Phi) is 5.64. The monoisotopic (exact) mass is 368 g/mol. The van der Waals surface area contributed by atoms with Crippen LogP contribution in [0.25, 0.3) is 0 Å². The van der Waals surface area contributed by atoms with Crippen LogP contribution >= 0.6 is 0 Å². The number of aromatic hydroxyl groups is 1. The van der Waals surface area contributed by atoms with Crippen molar-refractivity contribution in [2.45, 2.75) is 52.4 Å². The molecule has 0 radical (unpaired) electrons. The number of carbonyl (C=O) groups is 1. The largest absolute Gasteiger partial charge is 0.507 e. The van der Waals surface area contributed by atoms with E-state index in [1.807, 2.05) is 12.1 Å². The van der Waals surface area contributed by atoms with E-state index in [0.717, 1.165) is 16.7 Å². The van der Waals surface area contributed by atoms with E-state index in [0.29, 0.717) is 11.4 Å². The molecule has 0 saturated carbocycles. The molecule has 0 spiro atoms. The van der Waals surface area contributed by atoms with E-state index in [1.165, 1.54) is 12.1 Å². The minimum absolute atomic E-state index is 0.199. The average molecular weight is 368 g/mol. The van der Waals surface area contributed by atoms with Crippen molar-refractivity contribution < 1.29 is 15.0 Å². The van der Waals surface area contributed by atoms with Gasteiger partial charge in [0.05, 0.1) is 17.5 Å². The maximum absolute atomic E-state index is 11.1. The van der Waals surface area contributed by atoms with Crippen LogP contribution in [-0.2, 0) is 10.8 Å². The first-order valence-corrected chi connectivity index (χ1v) is 8.90. The topological polar surface area (TPSA) is 81.9 Å². The molecule has 144 valence electrons. The SMILES string of the molecule is CC(C)(C)c1cc(/C=N/Nc2cccc(C(=O)O)c2)cc(C(C)(C)C)c1O. The van der Waals surface area contributed by atoms with Gasteiger partial charge in [-0.05, 0) is 46.7 Å². The first kappa shape index (κ1) is 20.5. The molecule has 0 bridgehead atoms. The molecule has 2 aromatic rings. The zero-order valence-corrected chi connectivity index (χ0v) is 16.8. The Morgan fingerprint density at radius 2 is 1.56 bits per heavy atom. The zero-order valence-electron chi connectivity index (χ0n) is 16.8. The summed E-state index contributed by atoms with van der Waals surface area (Å²) in [5.74, 6) is -0.653. The number of phenols is 1. The molecule has 0 fully saturated rings. The number of nitrogens with one attached hydrogen (secondary N) is 1. The van der Waals surface area contributed by atoms with Crippen LogP contribution in [0.5, 0.6) is 5.75 Å². The van der Waals surface area contributed by atoms with E-state index in [4.69, 9.17) is 5.11 Å². The van der Waals surface area contributed by atoms with Crippen LogP contribution in [0.15, 0.2) is 41.5 Å². The molecular weight excluding hydrogens is 340 g/mol. The maximum atomic E-state index is 11.1. The molecular formula is C22H28N2O3. The van der Waals surface area contributed by atoms with Gasteiger partial charge in [0.2, 0.25) is 0 Å². The van der Waals surface area contributed by atoms with Gasteiger partial charge in [0.15, 0.2) is 0 Å². The van der Waals surface area contributed by atoms with Gasteiger partial charge in [-0.1, -0.05) is 47.6 Å². The molecule has 0 unspecified atom stereocenters. The summed E-state index contributed by atoms with van der Waals surface area (Å²) in [5.41, 5.74) is 5.83. The van der Waals surface area contributed by atoms with Gasteiger partial charge >= 0.3 is 5.97 Å². The van der Waals surface area contributed by atoms with Crippen LogP contribution in [-0.4, -0.2) is 22.4 Å². The van der Waals surface area contributed by atoms with Crippen molar-refractivity contribution in [1.82, 2.24) is 0 Å². The van der Waals surface area contributed by atoms with E-state index in [-0.39, 0.29) is 16.4 Å². The molecule has 2 rings (SSSR count). The lowest BCUT2D eigenvalue weighted by Crippen LogP contribution is -2.17. The Morgan fingerprint density at radius 3 is 2.04 bits per heavy atom. The molecule has 0 heterocycles. The van der Waals surface area contributed by atoms with Gasteiger partial charge in [-0.3, -0.25) is 5.43 Å². The zero-order chi connectivity index (χ0) is 20.4. The fourth-order valence-electron chi connectivity index (χ4n) is 2.78. The summed E-state index contributed by atoms with van der Waals surface area (Å²) in [6, 6.07) is 10.3. The number of anilines is 1. The third-order valence-electron chi connectivity index (χ3n) is 4.27. The van der Waals surface area contributed by atoms with Gasteiger partial charge in [0.25, 0.3) is 0 Å². The predicted molar refractivity (Wildman–Crippen MR) is 110 cm³/mol. The lowest BCUT2D eigenvalue weighted by Gasteiger charge is -2.27. The number of nitrogens with zero attached hydrogens (tertiary/aromatic N) is 1. The second-order valence-corrected chi connectivity index (χ2v) is 8.72. The summed E-state index contributed by atoms with van der Waals surface area (Å²) >= 11 is 0. The molecule has 5 nitrogen and oxygen atoms in total. The van der Waals surface area contributed by atoms with Crippen molar-refractivity contribution >= 4 is 17.9 Å². The number of carboxylic acids is 1. The maximum Gasteiger partial charge on any atom is 0.335 e. The summed E-state index contributed by atoms with van der Waals surface area (Å²) in [4.78, 5) is 11.1. The van der Waals surface area contributed by atoms with E-state index in [1.54, 1.807) is 18.3 Å². The highest BCUT2D eigenvalue weighted by Gasteiger charge is 2.26. The minimum Gasteiger partial charge on any atom is -0.507 e. The van der Waals surface area contributed by atoms with Crippen LogP contribution in [0.3, 0.4) is 0 Å². The van der Waals surface area contributed by atoms with E-state index < -0.39 is 5.97 Å². The number of phenolic OH excluding ortho intramolecular Hbond substituents is 1. The van der Waals surface area contributed by atoms with Gasteiger partial charge in [0, 0.05) is 11.1 Å². The van der Waals surface area contributed by atoms with E-state index >= 15 is 0 Å². The Morgan fingerprint density at radius 1 is 1.00 bits per heavy atom. The molecule has 0 amide bonds. The number of hydrazone groups is 1. The number of rotatable bonds is 4. The third kappa shape index (κ3) is 5.09. The normalized spacial score (nSPS) is 12.4. The van der Waals surface area contributed by atoms with Crippen molar-refractivity contribution in [3.63, 3.8) is 0 Å². The third-order valence-corrected chi connectivity index (χ3v) is 4.27. The van der Waals surface area contributed by atoms with Gasteiger partial charge in [-0.2, -0.15) is 5.10 Å². The molecule has 0 aliphatic rings. The summed E-state index contributed by atoms with van der Waals surface area (Å²) in [5, 5.41) is 24.1. The standard InChI is InChI=1S/C22H28N2O3/c1-21(2,3)17-10-14(11-18(19(17)25)22(4,5)6)13-23-24-16-9-7-8-15(12-16)20(26)27/h7-13,24-25H,1-6H3,(H,26,27)/b23-13+. The lowest BCUT2D eigenvalue weighted by atomic mass is 9.78. The molecule has 0 aliphatic heterocycles. The van der Waals surface area contributed by atoms with Crippen LogP contribution in [0.2, 0.25) is 0 Å². The molecule has 0 atom stereocenters. The molecule has 0 aromatic heterocycles. The van der Waals surface area contributed by atoms with Crippen molar-refractivity contribution in [3.05, 3.63) is 58.7 Å². The van der Waals surface area contributed by atoms with Gasteiger partial charge in [-0.25, -0.2) is 4.79 Å². The van der Waals surface area contributed by atoms with Gasteiger partial charge in [-0.15, -0.1) is 0 Å².